The fourth-order valence-electron chi connectivity index (χ4n) is 3.48. The van der Waals surface area contributed by atoms with E-state index in [0.717, 1.165) is 18.9 Å². The number of nitrogens with zero attached hydrogens (tertiary/aromatic N) is 1. The molecule has 0 aliphatic heterocycles. The highest BCUT2D eigenvalue weighted by Crippen LogP contribution is 2.28. The van der Waals surface area contributed by atoms with Gasteiger partial charge in [-0.25, -0.2) is 12.8 Å². The SMILES string of the molecule is CN=C(NCCCC1CCCC1)NCc1cc(F)ccc1CS(C)(=O)=O.I. The molecule has 0 amide bonds. The van der Waals surface area contributed by atoms with Gasteiger partial charge < -0.3 is 10.6 Å². The van der Waals surface area contributed by atoms with Crippen molar-refractivity contribution in [3.8, 4) is 0 Å². The van der Waals surface area contributed by atoms with Gasteiger partial charge >= 0.3 is 0 Å². The first-order valence-corrected chi connectivity index (χ1v) is 11.3. The maximum Gasteiger partial charge on any atom is 0.191 e. The summed E-state index contributed by atoms with van der Waals surface area (Å²) in [5, 5.41) is 6.42. The molecule has 5 nitrogen and oxygen atoms in total. The van der Waals surface area contributed by atoms with Crippen molar-refractivity contribution in [2.45, 2.75) is 50.8 Å². The van der Waals surface area contributed by atoms with Crippen LogP contribution >= 0.6 is 24.0 Å². The minimum Gasteiger partial charge on any atom is -0.356 e. The van der Waals surface area contributed by atoms with Crippen LogP contribution in [0.25, 0.3) is 0 Å². The van der Waals surface area contributed by atoms with Gasteiger partial charge in [0.2, 0.25) is 0 Å². The van der Waals surface area contributed by atoms with Crippen LogP contribution in [-0.4, -0.2) is 34.2 Å². The van der Waals surface area contributed by atoms with E-state index in [1.807, 2.05) is 0 Å². The van der Waals surface area contributed by atoms with Crippen molar-refractivity contribution in [2.75, 3.05) is 19.8 Å². The summed E-state index contributed by atoms with van der Waals surface area (Å²) in [6.07, 6.45) is 8.97. The summed E-state index contributed by atoms with van der Waals surface area (Å²) >= 11 is 0. The molecule has 2 rings (SSSR count). The van der Waals surface area contributed by atoms with Gasteiger partial charge in [-0.3, -0.25) is 4.99 Å². The molecule has 2 N–H and O–H groups in total. The summed E-state index contributed by atoms with van der Waals surface area (Å²) in [6.45, 7) is 1.17. The van der Waals surface area contributed by atoms with Crippen LogP contribution < -0.4 is 10.6 Å². The molecule has 0 saturated heterocycles. The van der Waals surface area contributed by atoms with E-state index in [0.29, 0.717) is 23.6 Å². The lowest BCUT2D eigenvalue weighted by atomic mass is 10.0. The van der Waals surface area contributed by atoms with Gasteiger partial charge in [0.1, 0.15) is 5.82 Å². The fourth-order valence-corrected chi connectivity index (χ4v) is 4.33. The van der Waals surface area contributed by atoms with Crippen LogP contribution in [0.1, 0.15) is 49.7 Å². The Balaban J connectivity index is 0.00000364. The van der Waals surface area contributed by atoms with E-state index >= 15 is 0 Å². The molecule has 0 spiro atoms. The van der Waals surface area contributed by atoms with Crippen LogP contribution in [0, 0.1) is 11.7 Å². The molecule has 0 radical (unpaired) electrons. The van der Waals surface area contributed by atoms with Gasteiger partial charge in [0.05, 0.1) is 5.75 Å². The second-order valence-corrected chi connectivity index (χ2v) is 9.27. The number of aliphatic imine (C=N–C) groups is 1. The molecule has 0 atom stereocenters. The Bertz CT molecular complexity index is 720. The Morgan fingerprint density at radius 3 is 2.56 bits per heavy atom. The molecule has 1 saturated carbocycles. The number of nitrogens with one attached hydrogen (secondary N) is 2. The highest BCUT2D eigenvalue weighted by Gasteiger charge is 2.14. The minimum atomic E-state index is -3.18. The number of hydrogen-bond donors (Lipinski definition) is 2. The van der Waals surface area contributed by atoms with Crippen LogP contribution in [-0.2, 0) is 22.1 Å². The third-order valence-corrected chi connectivity index (χ3v) is 5.65. The van der Waals surface area contributed by atoms with Crippen LogP contribution in [0.4, 0.5) is 4.39 Å². The first kappa shape index (κ1) is 24.1. The molecule has 1 aliphatic rings. The zero-order valence-corrected chi connectivity index (χ0v) is 19.3. The van der Waals surface area contributed by atoms with E-state index in [1.165, 1.54) is 56.6 Å². The molecule has 0 aromatic heterocycles. The molecule has 0 unspecified atom stereocenters. The summed E-state index contributed by atoms with van der Waals surface area (Å²) in [7, 11) is -1.49. The Morgan fingerprint density at radius 2 is 1.93 bits per heavy atom. The highest BCUT2D eigenvalue weighted by molar-refractivity contribution is 14.0. The minimum absolute atomic E-state index is 0. The first-order valence-electron chi connectivity index (χ1n) is 9.27. The lowest BCUT2D eigenvalue weighted by Gasteiger charge is -2.15. The predicted octanol–water partition coefficient (Wildman–Crippen LogP) is 3.62. The standard InChI is InChI=1S/C19H30FN3O2S.HI/c1-21-19(22-11-5-8-15-6-3-4-7-15)23-13-17-12-18(20)10-9-16(17)14-26(2,24)25;/h9-10,12,15H,3-8,11,13-14H2,1-2H3,(H2,21,22,23);1H. The summed E-state index contributed by atoms with van der Waals surface area (Å²) in [4.78, 5) is 4.18. The van der Waals surface area contributed by atoms with Crippen LogP contribution in [0.15, 0.2) is 23.2 Å². The Labute approximate surface area is 179 Å². The molecule has 154 valence electrons. The fraction of sp³-hybridized carbons (Fsp3) is 0.632. The van der Waals surface area contributed by atoms with Crippen molar-refractivity contribution < 1.29 is 12.8 Å². The van der Waals surface area contributed by atoms with Crippen LogP contribution in [0.2, 0.25) is 0 Å². The van der Waals surface area contributed by atoms with E-state index < -0.39 is 9.84 Å². The monoisotopic (exact) mass is 511 g/mol. The van der Waals surface area contributed by atoms with Gasteiger partial charge in [-0.15, -0.1) is 24.0 Å². The molecular weight excluding hydrogens is 480 g/mol. The lowest BCUT2D eigenvalue weighted by molar-refractivity contribution is 0.481. The Morgan fingerprint density at radius 1 is 1.22 bits per heavy atom. The second-order valence-electron chi connectivity index (χ2n) is 7.13. The largest absolute Gasteiger partial charge is 0.356 e. The smallest absolute Gasteiger partial charge is 0.191 e. The van der Waals surface area contributed by atoms with E-state index in [-0.39, 0.29) is 35.5 Å². The average molecular weight is 511 g/mol. The topological polar surface area (TPSA) is 70.6 Å². The van der Waals surface area contributed by atoms with E-state index in [2.05, 4.69) is 15.6 Å². The van der Waals surface area contributed by atoms with Crippen LogP contribution in [0.5, 0.6) is 0 Å². The van der Waals surface area contributed by atoms with Gasteiger partial charge in [0.15, 0.2) is 15.8 Å². The van der Waals surface area contributed by atoms with Crippen LogP contribution in [0.3, 0.4) is 0 Å². The highest BCUT2D eigenvalue weighted by atomic mass is 127. The van der Waals surface area contributed by atoms with Crippen molar-refractivity contribution in [3.05, 3.63) is 35.1 Å². The van der Waals surface area contributed by atoms with Crippen molar-refractivity contribution in [2.24, 2.45) is 10.9 Å². The molecule has 27 heavy (non-hydrogen) atoms. The molecule has 1 fully saturated rings. The Kier molecular flexibility index (Phi) is 10.6. The molecule has 1 aromatic carbocycles. The molecule has 0 heterocycles. The van der Waals surface area contributed by atoms with Crippen molar-refractivity contribution in [3.63, 3.8) is 0 Å². The average Bonchev–Trinajstić information content (AvgIpc) is 3.08. The Hall–Kier alpha value is -0.900. The maximum absolute atomic E-state index is 13.6. The van der Waals surface area contributed by atoms with Crippen molar-refractivity contribution >= 4 is 39.8 Å². The molecule has 0 bridgehead atoms. The summed E-state index contributed by atoms with van der Waals surface area (Å²) in [5.74, 6) is 1.04. The van der Waals surface area contributed by atoms with Crippen molar-refractivity contribution in [1.29, 1.82) is 0 Å². The third kappa shape index (κ3) is 9.23. The molecule has 1 aromatic rings. The van der Waals surface area contributed by atoms with Gasteiger partial charge in [-0.2, -0.15) is 0 Å². The normalized spacial score (nSPS) is 15.4. The van der Waals surface area contributed by atoms with E-state index in [9.17, 15) is 12.8 Å². The number of hydrogen-bond acceptors (Lipinski definition) is 3. The van der Waals surface area contributed by atoms with Gasteiger partial charge in [-0.05, 0) is 42.0 Å². The van der Waals surface area contributed by atoms with Gasteiger partial charge in [0, 0.05) is 26.4 Å². The maximum atomic E-state index is 13.6. The van der Waals surface area contributed by atoms with Crippen molar-refractivity contribution in [1.82, 2.24) is 10.6 Å². The summed E-state index contributed by atoms with van der Waals surface area (Å²) in [5.41, 5.74) is 1.24. The second kappa shape index (κ2) is 11.8. The van der Waals surface area contributed by atoms with E-state index in [1.54, 1.807) is 7.05 Å². The number of guanidine groups is 1. The third-order valence-electron chi connectivity index (χ3n) is 4.81. The zero-order valence-electron chi connectivity index (χ0n) is 16.1. The molecule has 1 aliphatic carbocycles. The summed E-state index contributed by atoms with van der Waals surface area (Å²) < 4.78 is 36.7. The number of benzene rings is 1. The first-order chi connectivity index (χ1) is 12.4. The molecular formula is C19H31FIN3O2S. The number of halogens is 2. The lowest BCUT2D eigenvalue weighted by Crippen LogP contribution is -2.37. The predicted molar refractivity (Wildman–Crippen MR) is 120 cm³/mol. The zero-order chi connectivity index (χ0) is 19.0. The van der Waals surface area contributed by atoms with Gasteiger partial charge in [-0.1, -0.05) is 31.7 Å². The van der Waals surface area contributed by atoms with E-state index in [4.69, 9.17) is 0 Å². The van der Waals surface area contributed by atoms with Gasteiger partial charge in [0.25, 0.3) is 0 Å². The number of rotatable bonds is 8. The molecule has 8 heteroatoms. The number of sulfone groups is 1. The summed E-state index contributed by atoms with van der Waals surface area (Å²) in [6, 6.07) is 4.20. The quantitative estimate of drug-likeness (QED) is 0.242.